The van der Waals surface area contributed by atoms with Crippen molar-refractivity contribution in [3.8, 4) is 0 Å². The smallest absolute Gasteiger partial charge is 0.257 e. The van der Waals surface area contributed by atoms with Gasteiger partial charge in [0.05, 0.1) is 5.56 Å². The molecule has 2 aromatic rings. The quantitative estimate of drug-likeness (QED) is 0.748. The molecule has 0 saturated carbocycles. The topological polar surface area (TPSA) is 75.4 Å². The third kappa shape index (κ3) is 3.33. The summed E-state index contributed by atoms with van der Waals surface area (Å²) in [6, 6.07) is 10.7. The molecule has 0 radical (unpaired) electrons. The number of benzene rings is 2. The maximum Gasteiger partial charge on any atom is 0.257 e. The highest BCUT2D eigenvalue weighted by Gasteiger charge is 2.11. The average Bonchev–Trinajstić information content (AvgIpc) is 2.44. The number of rotatable bonds is 4. The first-order valence-corrected chi connectivity index (χ1v) is 6.16. The molecule has 0 fully saturated rings. The Hall–Kier alpha value is -2.40. The van der Waals surface area contributed by atoms with Crippen LogP contribution in [0.5, 0.6) is 0 Å². The van der Waals surface area contributed by atoms with Crippen LogP contribution in [-0.2, 0) is 6.42 Å². The van der Waals surface area contributed by atoms with Crippen molar-refractivity contribution >= 4 is 17.3 Å². The number of nitrogens with two attached hydrogens (primary N) is 1. The molecule has 0 aromatic heterocycles. The van der Waals surface area contributed by atoms with Gasteiger partial charge >= 0.3 is 0 Å². The Morgan fingerprint density at radius 1 is 1.20 bits per heavy atom. The van der Waals surface area contributed by atoms with E-state index in [1.165, 1.54) is 12.1 Å². The number of hydrogen-bond donors (Lipinski definition) is 3. The number of carbonyl (C=O) groups excluding carboxylic acids is 1. The summed E-state index contributed by atoms with van der Waals surface area (Å²) in [4.78, 5) is 12.0. The fraction of sp³-hybridized carbons (Fsp3) is 0.133. The van der Waals surface area contributed by atoms with Gasteiger partial charge in [-0.25, -0.2) is 4.39 Å². The Morgan fingerprint density at radius 3 is 2.55 bits per heavy atom. The summed E-state index contributed by atoms with van der Waals surface area (Å²) in [5.41, 5.74) is 7.53. The molecule has 0 bridgehead atoms. The van der Waals surface area contributed by atoms with Crippen molar-refractivity contribution in [2.45, 2.75) is 6.42 Å². The van der Waals surface area contributed by atoms with Gasteiger partial charge in [0.15, 0.2) is 0 Å². The highest BCUT2D eigenvalue weighted by Crippen LogP contribution is 2.16. The van der Waals surface area contributed by atoms with Crippen LogP contribution in [0.2, 0.25) is 0 Å². The van der Waals surface area contributed by atoms with Crippen LogP contribution in [0.1, 0.15) is 15.9 Å². The first kappa shape index (κ1) is 14.0. The van der Waals surface area contributed by atoms with Crippen molar-refractivity contribution in [3.05, 3.63) is 59.4 Å². The van der Waals surface area contributed by atoms with E-state index in [2.05, 4.69) is 5.32 Å². The lowest BCUT2D eigenvalue weighted by Gasteiger charge is -2.08. The molecule has 20 heavy (non-hydrogen) atoms. The van der Waals surface area contributed by atoms with Gasteiger partial charge in [0.1, 0.15) is 5.82 Å². The van der Waals surface area contributed by atoms with Gasteiger partial charge in [0.2, 0.25) is 0 Å². The van der Waals surface area contributed by atoms with E-state index in [1.807, 2.05) is 0 Å². The summed E-state index contributed by atoms with van der Waals surface area (Å²) in [6.45, 7) is 0.0749. The zero-order chi connectivity index (χ0) is 14.5. The molecule has 2 rings (SSSR count). The lowest BCUT2D eigenvalue weighted by molar-refractivity contribution is 0.102. The Bertz CT molecular complexity index is 612. The van der Waals surface area contributed by atoms with Gasteiger partial charge < -0.3 is 16.2 Å². The zero-order valence-electron chi connectivity index (χ0n) is 10.8. The minimum Gasteiger partial charge on any atom is -0.398 e. The summed E-state index contributed by atoms with van der Waals surface area (Å²) in [5.74, 6) is -0.973. The van der Waals surface area contributed by atoms with Gasteiger partial charge in [0, 0.05) is 18.0 Å². The van der Waals surface area contributed by atoms with Crippen molar-refractivity contribution < 1.29 is 14.3 Å². The summed E-state index contributed by atoms with van der Waals surface area (Å²) < 4.78 is 13.1. The number of aliphatic hydroxyl groups is 1. The summed E-state index contributed by atoms with van der Waals surface area (Å²) in [6.07, 6.45) is 0.561. The molecule has 0 heterocycles. The summed E-state index contributed by atoms with van der Waals surface area (Å²) in [5, 5.41) is 11.5. The van der Waals surface area contributed by atoms with Crippen LogP contribution in [0.15, 0.2) is 42.5 Å². The third-order valence-electron chi connectivity index (χ3n) is 2.87. The maximum absolute atomic E-state index is 13.1. The normalized spacial score (nSPS) is 10.3. The number of anilines is 2. The molecule has 0 saturated heterocycles. The second kappa shape index (κ2) is 6.16. The van der Waals surface area contributed by atoms with Crippen molar-refractivity contribution in [2.75, 3.05) is 17.7 Å². The molecule has 1 amide bonds. The lowest BCUT2D eigenvalue weighted by Crippen LogP contribution is -2.14. The molecule has 104 valence electrons. The average molecular weight is 274 g/mol. The van der Waals surface area contributed by atoms with Crippen molar-refractivity contribution in [1.29, 1.82) is 0 Å². The van der Waals surface area contributed by atoms with E-state index in [9.17, 15) is 9.18 Å². The van der Waals surface area contributed by atoms with E-state index in [0.29, 0.717) is 12.1 Å². The highest BCUT2D eigenvalue weighted by molar-refractivity contribution is 6.07. The molecule has 0 aliphatic rings. The van der Waals surface area contributed by atoms with Gasteiger partial charge in [-0.15, -0.1) is 0 Å². The molecule has 0 atom stereocenters. The number of hydrogen-bond acceptors (Lipinski definition) is 3. The number of halogens is 1. The van der Waals surface area contributed by atoms with Gasteiger partial charge in [-0.3, -0.25) is 4.79 Å². The van der Waals surface area contributed by atoms with E-state index in [-0.39, 0.29) is 17.9 Å². The van der Waals surface area contributed by atoms with E-state index >= 15 is 0 Å². The molecule has 2 aromatic carbocycles. The Labute approximate surface area is 116 Å². The first-order chi connectivity index (χ1) is 9.60. The van der Waals surface area contributed by atoms with E-state index in [0.717, 1.165) is 11.6 Å². The Balaban J connectivity index is 2.13. The van der Waals surface area contributed by atoms with Crippen LogP contribution in [0.25, 0.3) is 0 Å². The maximum atomic E-state index is 13.1. The van der Waals surface area contributed by atoms with Gasteiger partial charge in [-0.05, 0) is 42.3 Å². The number of nitrogen functional groups attached to an aromatic ring is 1. The minimum absolute atomic E-state index is 0.0749. The van der Waals surface area contributed by atoms with Crippen molar-refractivity contribution in [1.82, 2.24) is 0 Å². The fourth-order valence-corrected chi connectivity index (χ4v) is 1.81. The third-order valence-corrected chi connectivity index (χ3v) is 2.87. The van der Waals surface area contributed by atoms with Crippen LogP contribution in [0.4, 0.5) is 15.8 Å². The molecular formula is C15H15FN2O2. The molecular weight excluding hydrogens is 259 g/mol. The molecule has 0 aliphatic carbocycles. The van der Waals surface area contributed by atoms with Crippen molar-refractivity contribution in [2.24, 2.45) is 0 Å². The Kier molecular flexibility index (Phi) is 4.32. The number of amides is 1. The SMILES string of the molecule is Nc1ccc(F)cc1C(=O)Nc1ccc(CCO)cc1. The van der Waals surface area contributed by atoms with Crippen LogP contribution in [-0.4, -0.2) is 17.6 Å². The largest absolute Gasteiger partial charge is 0.398 e. The molecule has 4 nitrogen and oxygen atoms in total. The summed E-state index contributed by atoms with van der Waals surface area (Å²) in [7, 11) is 0. The minimum atomic E-state index is -0.511. The van der Waals surface area contributed by atoms with Crippen LogP contribution < -0.4 is 11.1 Å². The standard InChI is InChI=1S/C15H15FN2O2/c16-11-3-6-14(17)13(9-11)15(20)18-12-4-1-10(2-5-12)7-8-19/h1-6,9,19H,7-8,17H2,(H,18,20). The summed E-state index contributed by atoms with van der Waals surface area (Å²) >= 11 is 0. The molecule has 5 heteroatoms. The van der Waals surface area contributed by atoms with Gasteiger partial charge in [0.25, 0.3) is 5.91 Å². The monoisotopic (exact) mass is 274 g/mol. The van der Waals surface area contributed by atoms with E-state index in [4.69, 9.17) is 10.8 Å². The molecule has 4 N–H and O–H groups in total. The van der Waals surface area contributed by atoms with Gasteiger partial charge in [-0.1, -0.05) is 12.1 Å². The van der Waals surface area contributed by atoms with Crippen molar-refractivity contribution in [3.63, 3.8) is 0 Å². The lowest BCUT2D eigenvalue weighted by atomic mass is 10.1. The first-order valence-electron chi connectivity index (χ1n) is 6.16. The van der Waals surface area contributed by atoms with Gasteiger partial charge in [-0.2, -0.15) is 0 Å². The number of nitrogens with one attached hydrogen (secondary N) is 1. The predicted molar refractivity (Wildman–Crippen MR) is 76.0 cm³/mol. The van der Waals surface area contributed by atoms with E-state index < -0.39 is 11.7 Å². The molecule has 0 unspecified atom stereocenters. The molecule has 0 aliphatic heterocycles. The van der Waals surface area contributed by atoms with Crippen LogP contribution in [0.3, 0.4) is 0 Å². The predicted octanol–water partition coefficient (Wildman–Crippen LogP) is 2.20. The van der Waals surface area contributed by atoms with Crippen LogP contribution >= 0.6 is 0 Å². The zero-order valence-corrected chi connectivity index (χ0v) is 10.8. The fourth-order valence-electron chi connectivity index (χ4n) is 1.81. The number of carbonyl (C=O) groups is 1. The Morgan fingerprint density at radius 2 is 1.90 bits per heavy atom. The molecule has 0 spiro atoms. The highest BCUT2D eigenvalue weighted by atomic mass is 19.1. The number of aliphatic hydroxyl groups excluding tert-OH is 1. The van der Waals surface area contributed by atoms with Crippen LogP contribution in [0, 0.1) is 5.82 Å². The second-order valence-corrected chi connectivity index (χ2v) is 4.36. The second-order valence-electron chi connectivity index (χ2n) is 4.36. The van der Waals surface area contributed by atoms with E-state index in [1.54, 1.807) is 24.3 Å².